The molecule has 7 heteroatoms. The summed E-state index contributed by atoms with van der Waals surface area (Å²) >= 11 is 6.61. The van der Waals surface area contributed by atoms with Gasteiger partial charge in [0.15, 0.2) is 0 Å². The van der Waals surface area contributed by atoms with Gasteiger partial charge >= 0.3 is 5.97 Å². The first-order chi connectivity index (χ1) is 14.6. The molecule has 1 aromatic carbocycles. The van der Waals surface area contributed by atoms with Gasteiger partial charge in [-0.15, -0.1) is 0 Å². The number of ether oxygens (including phenoxy) is 2. The minimum Gasteiger partial charge on any atom is -0.478 e. The third kappa shape index (κ3) is 4.92. The molecule has 1 saturated heterocycles. The van der Waals surface area contributed by atoms with Gasteiger partial charge in [0.2, 0.25) is 6.10 Å². The van der Waals surface area contributed by atoms with Crippen molar-refractivity contribution < 1.29 is 24.5 Å². The van der Waals surface area contributed by atoms with E-state index in [1.165, 1.54) is 0 Å². The van der Waals surface area contributed by atoms with Crippen molar-refractivity contribution in [3.63, 3.8) is 0 Å². The third-order valence-electron chi connectivity index (χ3n) is 6.31. The lowest BCUT2D eigenvalue weighted by Gasteiger charge is -2.43. The SMILES string of the molecule is CC1C=C(Cl)C(Cc2ccc3c(c2)NCC(C(=O)O)O3)=CC1C1CC(O)CC(C)(C)O1. The smallest absolute Gasteiger partial charge is 0.346 e. The fourth-order valence-electron chi connectivity index (χ4n) is 4.85. The van der Waals surface area contributed by atoms with Crippen molar-refractivity contribution in [1.29, 1.82) is 0 Å². The number of aliphatic hydroxyl groups excluding tert-OH is 1. The molecule has 0 saturated carbocycles. The second-order valence-electron chi connectivity index (χ2n) is 9.49. The molecule has 5 unspecified atom stereocenters. The van der Waals surface area contributed by atoms with Gasteiger partial charge in [-0.05, 0) is 49.5 Å². The zero-order valence-electron chi connectivity index (χ0n) is 18.1. The number of rotatable bonds is 4. The van der Waals surface area contributed by atoms with Crippen LogP contribution in [-0.4, -0.2) is 46.6 Å². The first-order valence-electron chi connectivity index (χ1n) is 10.8. The Kier molecular flexibility index (Phi) is 6.08. The Morgan fingerprint density at radius 3 is 2.81 bits per heavy atom. The third-order valence-corrected chi connectivity index (χ3v) is 6.68. The van der Waals surface area contributed by atoms with Crippen LogP contribution in [0.1, 0.15) is 39.2 Å². The number of fused-ring (bicyclic) bond motifs is 1. The number of hydrogen-bond acceptors (Lipinski definition) is 5. The zero-order chi connectivity index (χ0) is 22.3. The Balaban J connectivity index is 1.53. The number of carbonyl (C=O) groups is 1. The van der Waals surface area contributed by atoms with Crippen molar-refractivity contribution in [3.8, 4) is 5.75 Å². The second-order valence-corrected chi connectivity index (χ2v) is 9.89. The van der Waals surface area contributed by atoms with Crippen molar-refractivity contribution in [2.45, 2.75) is 63.9 Å². The molecule has 3 aliphatic rings. The van der Waals surface area contributed by atoms with E-state index in [0.29, 0.717) is 25.0 Å². The summed E-state index contributed by atoms with van der Waals surface area (Å²) in [5.41, 5.74) is 2.53. The summed E-state index contributed by atoms with van der Waals surface area (Å²) in [4.78, 5) is 11.2. The van der Waals surface area contributed by atoms with Crippen LogP contribution in [0.3, 0.4) is 0 Å². The first-order valence-corrected chi connectivity index (χ1v) is 11.2. The number of hydrogen-bond donors (Lipinski definition) is 3. The summed E-state index contributed by atoms with van der Waals surface area (Å²) in [5.74, 6) is -0.0825. The lowest BCUT2D eigenvalue weighted by Crippen LogP contribution is -2.46. The van der Waals surface area contributed by atoms with Crippen molar-refractivity contribution in [1.82, 2.24) is 0 Å². The maximum absolute atomic E-state index is 11.2. The van der Waals surface area contributed by atoms with Gasteiger partial charge < -0.3 is 25.0 Å². The van der Waals surface area contributed by atoms with Gasteiger partial charge in [-0.3, -0.25) is 0 Å². The molecule has 0 amide bonds. The van der Waals surface area contributed by atoms with Crippen LogP contribution >= 0.6 is 11.6 Å². The number of nitrogens with one attached hydrogen (secondary N) is 1. The molecule has 31 heavy (non-hydrogen) atoms. The molecule has 0 aromatic heterocycles. The Hall–Kier alpha value is -2.02. The molecule has 6 nitrogen and oxygen atoms in total. The van der Waals surface area contributed by atoms with E-state index in [2.05, 4.69) is 24.4 Å². The molecule has 4 rings (SSSR count). The summed E-state index contributed by atoms with van der Waals surface area (Å²) in [5, 5.41) is 23.4. The number of benzene rings is 1. The Bertz CT molecular complexity index is 925. The van der Waals surface area contributed by atoms with E-state index in [-0.39, 0.29) is 36.2 Å². The molecule has 0 radical (unpaired) electrons. The zero-order valence-corrected chi connectivity index (χ0v) is 18.9. The summed E-state index contributed by atoms with van der Waals surface area (Å²) in [6.07, 6.45) is 4.90. The summed E-state index contributed by atoms with van der Waals surface area (Å²) in [6, 6.07) is 5.72. The Labute approximate surface area is 187 Å². The second kappa shape index (κ2) is 8.49. The molecule has 5 atom stereocenters. The van der Waals surface area contributed by atoms with Crippen LogP contribution in [0.5, 0.6) is 5.75 Å². The highest BCUT2D eigenvalue weighted by atomic mass is 35.5. The summed E-state index contributed by atoms with van der Waals surface area (Å²) in [7, 11) is 0. The van der Waals surface area contributed by atoms with Crippen LogP contribution in [0.15, 0.2) is 41.0 Å². The maximum atomic E-state index is 11.2. The highest BCUT2D eigenvalue weighted by Gasteiger charge is 2.39. The monoisotopic (exact) mass is 447 g/mol. The number of allylic oxidation sites excluding steroid dienone is 3. The molecule has 1 fully saturated rings. The van der Waals surface area contributed by atoms with Crippen LogP contribution in [0.25, 0.3) is 0 Å². The lowest BCUT2D eigenvalue weighted by molar-refractivity contribution is -0.159. The molecular weight excluding hydrogens is 418 g/mol. The number of anilines is 1. The molecule has 1 aromatic rings. The molecule has 3 N–H and O–H groups in total. The average Bonchev–Trinajstić information content (AvgIpc) is 2.68. The van der Waals surface area contributed by atoms with Crippen LogP contribution in [0, 0.1) is 11.8 Å². The summed E-state index contributed by atoms with van der Waals surface area (Å²) < 4.78 is 11.9. The van der Waals surface area contributed by atoms with Gasteiger partial charge in [-0.1, -0.05) is 36.7 Å². The van der Waals surface area contributed by atoms with Gasteiger partial charge in [0.1, 0.15) is 5.75 Å². The van der Waals surface area contributed by atoms with Crippen molar-refractivity contribution in [3.05, 3.63) is 46.5 Å². The minimum absolute atomic E-state index is 0.0590. The maximum Gasteiger partial charge on any atom is 0.346 e. The van der Waals surface area contributed by atoms with E-state index in [0.717, 1.165) is 21.9 Å². The van der Waals surface area contributed by atoms with E-state index < -0.39 is 12.1 Å². The Morgan fingerprint density at radius 2 is 2.10 bits per heavy atom. The molecule has 0 spiro atoms. The van der Waals surface area contributed by atoms with E-state index >= 15 is 0 Å². The van der Waals surface area contributed by atoms with Crippen molar-refractivity contribution in [2.75, 3.05) is 11.9 Å². The standard InChI is InChI=1S/C24H30ClNO5/c1-13-6-18(25)15(9-17(13)21-10-16(27)11-24(2,3)31-21)7-14-4-5-20-19(8-14)26-12-22(30-20)23(28)29/h4-6,8-9,13,16-17,21-22,26-27H,7,10-12H2,1-3H3,(H,28,29). The number of carboxylic acid groups (broad SMARTS) is 1. The van der Waals surface area contributed by atoms with Gasteiger partial charge in [-0.2, -0.15) is 0 Å². The molecule has 0 bridgehead atoms. The molecule has 1 aliphatic carbocycles. The summed E-state index contributed by atoms with van der Waals surface area (Å²) in [6.45, 7) is 6.42. The normalized spacial score (nSPS) is 32.1. The first kappa shape index (κ1) is 22.2. The van der Waals surface area contributed by atoms with Crippen molar-refractivity contribution >= 4 is 23.3 Å². The number of carboxylic acids is 1. The molecular formula is C24H30ClNO5. The topological polar surface area (TPSA) is 88.0 Å². The van der Waals surface area contributed by atoms with Gasteiger partial charge in [-0.25, -0.2) is 4.79 Å². The van der Waals surface area contributed by atoms with Gasteiger partial charge in [0.05, 0.1) is 30.0 Å². The van der Waals surface area contributed by atoms with Crippen LogP contribution in [0.2, 0.25) is 0 Å². The van der Waals surface area contributed by atoms with E-state index in [9.17, 15) is 9.90 Å². The number of halogens is 1. The lowest BCUT2D eigenvalue weighted by atomic mass is 9.78. The molecule has 2 heterocycles. The Morgan fingerprint density at radius 1 is 1.32 bits per heavy atom. The average molecular weight is 448 g/mol. The number of aliphatic hydroxyl groups is 1. The quantitative estimate of drug-likeness (QED) is 0.643. The molecule has 168 valence electrons. The fraction of sp³-hybridized carbons (Fsp3) is 0.542. The van der Waals surface area contributed by atoms with Crippen LogP contribution in [-0.2, 0) is 16.0 Å². The van der Waals surface area contributed by atoms with Crippen LogP contribution < -0.4 is 10.1 Å². The highest BCUT2D eigenvalue weighted by molar-refractivity contribution is 6.32. The van der Waals surface area contributed by atoms with Crippen molar-refractivity contribution in [2.24, 2.45) is 11.8 Å². The predicted molar refractivity (Wildman–Crippen MR) is 120 cm³/mol. The van der Waals surface area contributed by atoms with Crippen LogP contribution in [0.4, 0.5) is 5.69 Å². The number of aliphatic carboxylic acids is 1. The van der Waals surface area contributed by atoms with E-state index in [1.54, 1.807) is 6.07 Å². The van der Waals surface area contributed by atoms with Gasteiger partial charge in [0, 0.05) is 23.8 Å². The van der Waals surface area contributed by atoms with E-state index in [4.69, 9.17) is 26.2 Å². The minimum atomic E-state index is -0.982. The largest absolute Gasteiger partial charge is 0.478 e. The molecule has 2 aliphatic heterocycles. The predicted octanol–water partition coefficient (Wildman–Crippen LogP) is 4.12. The fourth-order valence-corrected chi connectivity index (χ4v) is 5.17. The highest BCUT2D eigenvalue weighted by Crippen LogP contribution is 2.40. The van der Waals surface area contributed by atoms with E-state index in [1.807, 2.05) is 26.0 Å². The van der Waals surface area contributed by atoms with Gasteiger partial charge in [0.25, 0.3) is 0 Å².